The Kier molecular flexibility index (Phi) is 5.00. The van der Waals surface area contributed by atoms with Gasteiger partial charge in [-0.2, -0.15) is 0 Å². The highest BCUT2D eigenvalue weighted by Crippen LogP contribution is 2.45. The van der Waals surface area contributed by atoms with Crippen molar-refractivity contribution >= 4 is 24.1 Å². The van der Waals surface area contributed by atoms with Crippen molar-refractivity contribution in [2.45, 2.75) is 49.6 Å². The quantitative estimate of drug-likeness (QED) is 0.292. The number of esters is 2. The Bertz CT molecular complexity index is 618. The van der Waals surface area contributed by atoms with Gasteiger partial charge in [-0.05, 0) is 63.5 Å². The van der Waals surface area contributed by atoms with Crippen LogP contribution in [0.1, 0.15) is 38.5 Å². The Morgan fingerprint density at radius 3 is 1.39 bits per heavy atom. The first-order valence-corrected chi connectivity index (χ1v) is 9.92. The van der Waals surface area contributed by atoms with Gasteiger partial charge in [0, 0.05) is 24.2 Å². The predicted molar refractivity (Wildman–Crippen MR) is 95.1 cm³/mol. The highest BCUT2D eigenvalue weighted by Gasteiger charge is 2.53. The van der Waals surface area contributed by atoms with E-state index < -0.39 is 24.1 Å². The second kappa shape index (κ2) is 7.32. The smallest absolute Gasteiger partial charge is 0.368 e. The molecule has 28 heavy (non-hydrogen) atoms. The van der Waals surface area contributed by atoms with E-state index in [9.17, 15) is 19.2 Å². The summed E-state index contributed by atoms with van der Waals surface area (Å²) in [6, 6.07) is 0. The molecule has 4 fully saturated rings. The number of amides is 2. The minimum atomic E-state index is -1.50. The van der Waals surface area contributed by atoms with Gasteiger partial charge in [0.25, 0.3) is 0 Å². The number of nitrogens with one attached hydrogen (secondary N) is 4. The number of hydrogen-bond donors (Lipinski definition) is 4. The van der Waals surface area contributed by atoms with Crippen molar-refractivity contribution < 1.29 is 28.7 Å². The van der Waals surface area contributed by atoms with Crippen LogP contribution in [0.2, 0.25) is 0 Å². The van der Waals surface area contributed by atoms with E-state index in [0.29, 0.717) is 0 Å². The van der Waals surface area contributed by atoms with Gasteiger partial charge in [0.05, 0.1) is 0 Å². The summed E-state index contributed by atoms with van der Waals surface area (Å²) < 4.78 is 9.04. The lowest BCUT2D eigenvalue weighted by atomic mass is 9.96. The summed E-state index contributed by atoms with van der Waals surface area (Å²) >= 11 is 0. The lowest BCUT2D eigenvalue weighted by Crippen LogP contribution is -2.46. The minimum Gasteiger partial charge on any atom is -0.368 e. The number of hydrogen-bond acceptors (Lipinski definition) is 8. The average Bonchev–Trinajstić information content (AvgIpc) is 3.43. The van der Waals surface area contributed by atoms with Crippen LogP contribution in [-0.4, -0.2) is 61.4 Å². The van der Waals surface area contributed by atoms with E-state index in [1.807, 2.05) is 0 Å². The molecule has 2 aliphatic heterocycles. The topological polar surface area (TPSA) is 135 Å². The Morgan fingerprint density at radius 1 is 0.714 bits per heavy atom. The van der Waals surface area contributed by atoms with Crippen molar-refractivity contribution in [3.8, 4) is 0 Å². The molecule has 10 heteroatoms. The fourth-order valence-corrected chi connectivity index (χ4v) is 4.50. The number of rotatable bonds is 4. The fourth-order valence-electron chi connectivity index (χ4n) is 4.50. The van der Waals surface area contributed by atoms with E-state index in [0.717, 1.165) is 64.7 Å². The summed E-state index contributed by atoms with van der Waals surface area (Å²) in [7, 11) is 0. The van der Waals surface area contributed by atoms with E-state index >= 15 is 0 Å². The molecule has 4 rings (SSSR count). The Labute approximate surface area is 162 Å². The molecule has 2 heterocycles. The predicted octanol–water partition coefficient (Wildman–Crippen LogP) is -0.224. The van der Waals surface area contributed by atoms with Crippen LogP contribution < -0.4 is 21.3 Å². The maximum Gasteiger partial charge on any atom is 0.426 e. The summed E-state index contributed by atoms with van der Waals surface area (Å²) in [5.74, 6) is -2.43. The number of ether oxygens (including phenoxy) is 2. The number of alkyl carbamates (subject to hydrolysis) is 2. The Hall–Kier alpha value is -2.20. The molecule has 0 unspecified atom stereocenters. The molecule has 0 bridgehead atoms. The third-order valence-electron chi connectivity index (χ3n) is 6.50. The molecule has 10 nitrogen and oxygen atoms in total. The van der Waals surface area contributed by atoms with Crippen LogP contribution in [0.4, 0.5) is 9.59 Å². The zero-order chi connectivity index (χ0) is 19.8. The molecular formula is C18H26N4O6. The van der Waals surface area contributed by atoms with Crippen LogP contribution in [-0.2, 0) is 19.1 Å². The van der Waals surface area contributed by atoms with Crippen molar-refractivity contribution in [1.82, 2.24) is 21.3 Å². The van der Waals surface area contributed by atoms with Crippen molar-refractivity contribution in [3.05, 3.63) is 0 Å². The van der Waals surface area contributed by atoms with Crippen molar-refractivity contribution in [1.29, 1.82) is 0 Å². The van der Waals surface area contributed by atoms with Gasteiger partial charge in [-0.25, -0.2) is 19.2 Å². The standard InChI is InChI=1S/C18H26N4O6/c23-13(27-15(25)21-17(3-4-17)11-1-7-19-9-11)14(24)28-16(26)22-18(5-6-18)12-2-8-20-10-12/h11-12,19-20H,1-10H2,(H,21,25)(H,22,26)/t11-,12-/m1/s1. The monoisotopic (exact) mass is 394 g/mol. The number of carbonyl (C=O) groups is 4. The first-order chi connectivity index (χ1) is 13.4. The zero-order valence-electron chi connectivity index (χ0n) is 15.7. The molecule has 4 aliphatic rings. The van der Waals surface area contributed by atoms with Crippen LogP contribution >= 0.6 is 0 Å². The van der Waals surface area contributed by atoms with Gasteiger partial charge >= 0.3 is 24.1 Å². The maximum atomic E-state index is 12.0. The molecule has 2 aliphatic carbocycles. The molecule has 2 amide bonds. The second-order valence-electron chi connectivity index (χ2n) is 8.30. The molecule has 0 aromatic heterocycles. The molecule has 2 atom stereocenters. The molecule has 2 saturated carbocycles. The van der Waals surface area contributed by atoms with Crippen LogP contribution in [0.3, 0.4) is 0 Å². The Morgan fingerprint density at radius 2 is 1.11 bits per heavy atom. The largest absolute Gasteiger partial charge is 0.426 e. The van der Waals surface area contributed by atoms with Crippen molar-refractivity contribution in [2.75, 3.05) is 26.2 Å². The van der Waals surface area contributed by atoms with Crippen LogP contribution in [0.25, 0.3) is 0 Å². The third-order valence-corrected chi connectivity index (χ3v) is 6.50. The summed E-state index contributed by atoms with van der Waals surface area (Å²) in [6.45, 7) is 3.38. The minimum absolute atomic E-state index is 0.285. The van der Waals surface area contributed by atoms with Gasteiger partial charge < -0.3 is 30.7 Å². The normalized spacial score (nSPS) is 28.9. The van der Waals surface area contributed by atoms with E-state index in [4.69, 9.17) is 0 Å². The van der Waals surface area contributed by atoms with Crippen molar-refractivity contribution in [3.63, 3.8) is 0 Å². The molecule has 0 aromatic rings. The first kappa shape index (κ1) is 19.1. The average molecular weight is 394 g/mol. The molecule has 154 valence electrons. The molecule has 0 spiro atoms. The van der Waals surface area contributed by atoms with Crippen LogP contribution in [0.5, 0.6) is 0 Å². The van der Waals surface area contributed by atoms with E-state index in [-0.39, 0.29) is 22.9 Å². The highest BCUT2D eigenvalue weighted by atomic mass is 16.6. The summed E-state index contributed by atoms with van der Waals surface area (Å²) in [5.41, 5.74) is -0.731. The van der Waals surface area contributed by atoms with E-state index in [2.05, 4.69) is 30.7 Å². The zero-order valence-corrected chi connectivity index (χ0v) is 15.7. The van der Waals surface area contributed by atoms with Crippen molar-refractivity contribution in [2.24, 2.45) is 11.8 Å². The fraction of sp³-hybridized carbons (Fsp3) is 0.778. The second-order valence-corrected chi connectivity index (χ2v) is 8.30. The van der Waals surface area contributed by atoms with E-state index in [1.165, 1.54) is 0 Å². The van der Waals surface area contributed by atoms with Gasteiger partial charge in [-0.15, -0.1) is 0 Å². The van der Waals surface area contributed by atoms with Gasteiger partial charge in [0.15, 0.2) is 0 Å². The first-order valence-electron chi connectivity index (χ1n) is 9.92. The van der Waals surface area contributed by atoms with Gasteiger partial charge in [-0.3, -0.25) is 0 Å². The lowest BCUT2D eigenvalue weighted by Gasteiger charge is -2.23. The highest BCUT2D eigenvalue weighted by molar-refractivity contribution is 6.33. The van der Waals surface area contributed by atoms with E-state index in [1.54, 1.807) is 0 Å². The third kappa shape index (κ3) is 3.97. The summed E-state index contributed by atoms with van der Waals surface area (Å²) in [4.78, 5) is 47.5. The van der Waals surface area contributed by atoms with Gasteiger partial charge in [-0.1, -0.05) is 0 Å². The van der Waals surface area contributed by atoms with Crippen LogP contribution in [0.15, 0.2) is 0 Å². The Balaban J connectivity index is 1.22. The summed E-state index contributed by atoms with van der Waals surface area (Å²) in [5, 5.41) is 11.9. The molecular weight excluding hydrogens is 368 g/mol. The molecule has 0 aromatic carbocycles. The van der Waals surface area contributed by atoms with Gasteiger partial charge in [0.2, 0.25) is 0 Å². The molecule has 4 N–H and O–H groups in total. The molecule has 2 saturated heterocycles. The summed E-state index contributed by atoms with van der Waals surface area (Å²) in [6.07, 6.45) is 3.16. The molecule has 0 radical (unpaired) electrons. The maximum absolute atomic E-state index is 12.0. The van der Waals surface area contributed by atoms with Gasteiger partial charge in [0.1, 0.15) is 0 Å². The number of carbonyl (C=O) groups excluding carboxylic acids is 4. The van der Waals surface area contributed by atoms with Crippen LogP contribution in [0, 0.1) is 11.8 Å². The SMILES string of the molecule is O=C(NC1([C@@H]2CCNC2)CC1)OC(=O)C(=O)OC(=O)NC1([C@@H]2CCNC2)CC1. The lowest BCUT2D eigenvalue weighted by molar-refractivity contribution is -0.160.